The molecule has 0 fully saturated rings. The van der Waals surface area contributed by atoms with Crippen LogP contribution in [0.15, 0.2) is 36.9 Å². The number of carbonyl (C=O) groups excluding carboxylic acids is 1. The summed E-state index contributed by atoms with van der Waals surface area (Å²) in [4.78, 5) is 17.9. The van der Waals surface area contributed by atoms with Crippen LogP contribution in [-0.4, -0.2) is 39.2 Å². The minimum Gasteiger partial charge on any atom is -0.494 e. The molecular formula is C15H20N4O2. The first-order chi connectivity index (χ1) is 10.1. The Morgan fingerprint density at radius 1 is 1.38 bits per heavy atom. The van der Waals surface area contributed by atoms with Crippen molar-refractivity contribution in [2.45, 2.75) is 26.4 Å². The van der Waals surface area contributed by atoms with Gasteiger partial charge in [0.05, 0.1) is 6.61 Å². The largest absolute Gasteiger partial charge is 0.494 e. The second-order valence-electron chi connectivity index (χ2n) is 4.82. The lowest BCUT2D eigenvalue weighted by Gasteiger charge is -2.21. The topological polar surface area (TPSA) is 60.2 Å². The molecule has 0 N–H and O–H groups in total. The van der Waals surface area contributed by atoms with Crippen LogP contribution in [0.4, 0.5) is 0 Å². The molecular weight excluding hydrogens is 268 g/mol. The fourth-order valence-corrected chi connectivity index (χ4v) is 2.06. The van der Waals surface area contributed by atoms with Gasteiger partial charge in [0.25, 0.3) is 0 Å². The summed E-state index contributed by atoms with van der Waals surface area (Å²) in [6, 6.07) is 7.40. The molecule has 112 valence electrons. The molecule has 6 heteroatoms. The van der Waals surface area contributed by atoms with E-state index in [4.69, 9.17) is 4.74 Å². The molecule has 0 spiro atoms. The normalized spacial score (nSPS) is 12.0. The predicted molar refractivity (Wildman–Crippen MR) is 78.8 cm³/mol. The highest BCUT2D eigenvalue weighted by molar-refractivity contribution is 5.79. The molecule has 0 aliphatic rings. The molecule has 1 aromatic heterocycles. The highest BCUT2D eigenvalue weighted by atomic mass is 16.5. The third-order valence-corrected chi connectivity index (χ3v) is 3.22. The van der Waals surface area contributed by atoms with Crippen LogP contribution < -0.4 is 4.74 Å². The first-order valence-electron chi connectivity index (χ1n) is 6.92. The lowest BCUT2D eigenvalue weighted by molar-refractivity contribution is -0.133. The van der Waals surface area contributed by atoms with Crippen molar-refractivity contribution in [3.63, 3.8) is 0 Å². The average molecular weight is 288 g/mol. The van der Waals surface area contributed by atoms with Gasteiger partial charge in [-0.15, -0.1) is 0 Å². The van der Waals surface area contributed by atoms with Gasteiger partial charge in [-0.25, -0.2) is 9.67 Å². The highest BCUT2D eigenvalue weighted by Crippen LogP contribution is 2.15. The van der Waals surface area contributed by atoms with Gasteiger partial charge in [-0.2, -0.15) is 5.10 Å². The van der Waals surface area contributed by atoms with Crippen LogP contribution in [0, 0.1) is 0 Å². The minimum atomic E-state index is -0.361. The molecule has 2 aromatic rings. The van der Waals surface area contributed by atoms with Crippen LogP contribution in [0.1, 0.15) is 25.5 Å². The van der Waals surface area contributed by atoms with Crippen LogP contribution >= 0.6 is 0 Å². The summed E-state index contributed by atoms with van der Waals surface area (Å²) in [7, 11) is 1.78. The van der Waals surface area contributed by atoms with Crippen molar-refractivity contribution >= 4 is 5.91 Å². The van der Waals surface area contributed by atoms with Crippen LogP contribution in [0.5, 0.6) is 5.75 Å². The molecule has 0 saturated carbocycles. The van der Waals surface area contributed by atoms with E-state index in [9.17, 15) is 4.79 Å². The highest BCUT2D eigenvalue weighted by Gasteiger charge is 2.19. The summed E-state index contributed by atoms with van der Waals surface area (Å²) < 4.78 is 6.95. The summed E-state index contributed by atoms with van der Waals surface area (Å²) >= 11 is 0. The van der Waals surface area contributed by atoms with Crippen LogP contribution in [0.25, 0.3) is 0 Å². The molecule has 1 aromatic carbocycles. The van der Waals surface area contributed by atoms with Gasteiger partial charge in [0.15, 0.2) is 0 Å². The molecule has 21 heavy (non-hydrogen) atoms. The molecule has 0 aliphatic carbocycles. The Hall–Kier alpha value is -2.37. The fraction of sp³-hybridized carbons (Fsp3) is 0.400. The van der Waals surface area contributed by atoms with E-state index in [1.54, 1.807) is 23.0 Å². The van der Waals surface area contributed by atoms with E-state index in [-0.39, 0.29) is 11.9 Å². The zero-order valence-corrected chi connectivity index (χ0v) is 12.6. The number of benzene rings is 1. The maximum absolute atomic E-state index is 12.3. The Kier molecular flexibility index (Phi) is 4.92. The van der Waals surface area contributed by atoms with Gasteiger partial charge in [-0.05, 0) is 31.5 Å². The smallest absolute Gasteiger partial charge is 0.247 e. The van der Waals surface area contributed by atoms with E-state index in [2.05, 4.69) is 10.1 Å². The number of rotatable bonds is 6. The second-order valence-corrected chi connectivity index (χ2v) is 4.82. The SMILES string of the molecule is CCOc1ccc(CN(C)C(=O)[C@@H](C)n2cncn2)cc1. The number of aromatic nitrogens is 3. The van der Waals surface area contributed by atoms with Gasteiger partial charge < -0.3 is 9.64 Å². The molecule has 0 radical (unpaired) electrons. The molecule has 1 amide bonds. The molecule has 0 saturated heterocycles. The van der Waals surface area contributed by atoms with Gasteiger partial charge in [-0.1, -0.05) is 12.1 Å². The summed E-state index contributed by atoms with van der Waals surface area (Å²) in [5.41, 5.74) is 1.06. The third kappa shape index (κ3) is 3.81. The van der Waals surface area contributed by atoms with E-state index in [0.717, 1.165) is 11.3 Å². The predicted octanol–water partition coefficient (Wildman–Crippen LogP) is 1.90. The molecule has 1 heterocycles. The molecule has 0 bridgehead atoms. The van der Waals surface area contributed by atoms with Crippen molar-refractivity contribution in [2.24, 2.45) is 0 Å². The second kappa shape index (κ2) is 6.88. The van der Waals surface area contributed by atoms with E-state index in [0.29, 0.717) is 13.2 Å². The maximum Gasteiger partial charge on any atom is 0.247 e. The molecule has 0 aliphatic heterocycles. The number of hydrogen-bond donors (Lipinski definition) is 0. The zero-order chi connectivity index (χ0) is 15.2. The molecule has 6 nitrogen and oxygen atoms in total. The summed E-state index contributed by atoms with van der Waals surface area (Å²) in [6.45, 7) is 4.95. The molecule has 2 rings (SSSR count). The minimum absolute atomic E-state index is 0.00520. The Labute approximate surface area is 124 Å². The Morgan fingerprint density at radius 2 is 2.10 bits per heavy atom. The summed E-state index contributed by atoms with van der Waals surface area (Å²) in [5.74, 6) is 0.834. The Morgan fingerprint density at radius 3 is 2.67 bits per heavy atom. The number of amides is 1. The molecule has 1 atom stereocenters. The van der Waals surface area contributed by atoms with Crippen molar-refractivity contribution in [3.8, 4) is 5.75 Å². The van der Waals surface area contributed by atoms with Gasteiger partial charge in [0.2, 0.25) is 5.91 Å². The van der Waals surface area contributed by atoms with Crippen molar-refractivity contribution in [2.75, 3.05) is 13.7 Å². The number of ether oxygens (including phenoxy) is 1. The van der Waals surface area contributed by atoms with E-state index in [1.807, 2.05) is 38.1 Å². The van der Waals surface area contributed by atoms with Crippen LogP contribution in [-0.2, 0) is 11.3 Å². The zero-order valence-electron chi connectivity index (χ0n) is 12.6. The summed E-state index contributed by atoms with van der Waals surface area (Å²) in [5, 5.41) is 4.00. The standard InChI is InChI=1S/C15H20N4O2/c1-4-21-14-7-5-13(6-8-14)9-18(3)15(20)12(2)19-11-16-10-17-19/h5-8,10-12H,4,9H2,1-3H3/t12-/m1/s1. The quantitative estimate of drug-likeness (QED) is 0.814. The summed E-state index contributed by atoms with van der Waals surface area (Å²) in [6.07, 6.45) is 2.98. The number of carbonyl (C=O) groups is 1. The van der Waals surface area contributed by atoms with Gasteiger partial charge in [0, 0.05) is 13.6 Å². The van der Waals surface area contributed by atoms with Crippen LogP contribution in [0.3, 0.4) is 0 Å². The third-order valence-electron chi connectivity index (χ3n) is 3.22. The number of hydrogen-bond acceptors (Lipinski definition) is 4. The lowest BCUT2D eigenvalue weighted by Crippen LogP contribution is -2.32. The maximum atomic E-state index is 12.3. The van der Waals surface area contributed by atoms with Crippen molar-refractivity contribution in [1.82, 2.24) is 19.7 Å². The van der Waals surface area contributed by atoms with Gasteiger partial charge in [-0.3, -0.25) is 4.79 Å². The average Bonchev–Trinajstić information content (AvgIpc) is 3.02. The van der Waals surface area contributed by atoms with E-state index in [1.165, 1.54) is 6.33 Å². The number of likely N-dealkylation sites (N-methyl/N-ethyl adjacent to an activating group) is 1. The van der Waals surface area contributed by atoms with Gasteiger partial charge >= 0.3 is 0 Å². The van der Waals surface area contributed by atoms with E-state index >= 15 is 0 Å². The Balaban J connectivity index is 1.97. The van der Waals surface area contributed by atoms with E-state index < -0.39 is 0 Å². The Bertz CT molecular complexity index is 566. The molecule has 0 unspecified atom stereocenters. The first-order valence-corrected chi connectivity index (χ1v) is 6.92. The monoisotopic (exact) mass is 288 g/mol. The van der Waals surface area contributed by atoms with Gasteiger partial charge in [0.1, 0.15) is 24.4 Å². The van der Waals surface area contributed by atoms with Crippen molar-refractivity contribution in [1.29, 1.82) is 0 Å². The first kappa shape index (κ1) is 15.0. The lowest BCUT2D eigenvalue weighted by atomic mass is 10.2. The van der Waals surface area contributed by atoms with Crippen LogP contribution in [0.2, 0.25) is 0 Å². The fourth-order valence-electron chi connectivity index (χ4n) is 2.06. The van der Waals surface area contributed by atoms with Crippen molar-refractivity contribution < 1.29 is 9.53 Å². The number of nitrogens with zero attached hydrogens (tertiary/aromatic N) is 4. The van der Waals surface area contributed by atoms with Crippen molar-refractivity contribution in [3.05, 3.63) is 42.5 Å².